The van der Waals surface area contributed by atoms with Crippen molar-refractivity contribution < 1.29 is 80.7 Å². The van der Waals surface area contributed by atoms with E-state index in [1.165, 1.54) is 23.4 Å². The Balaban J connectivity index is 1.26. The molecule has 2 unspecified atom stereocenters. The molecule has 0 bridgehead atoms. The molecule has 29 heteroatoms. The molecule has 3 aliphatic rings. The van der Waals surface area contributed by atoms with Gasteiger partial charge in [-0.1, -0.05) is 6.08 Å². The molecule has 5 heterocycles. The molecular weight excluding hydrogens is 743 g/mol. The molecule has 0 aliphatic carbocycles. The number of primary amides is 1. The Morgan fingerprint density at radius 2 is 1.72 bits per heavy atom. The topological polar surface area (TPSA) is 416 Å². The third kappa shape index (κ3) is 7.83. The summed E-state index contributed by atoms with van der Waals surface area (Å²) < 4.78 is 67.3. The molecule has 50 heavy (non-hydrogen) atoms. The number of nitrogens with zero attached hydrogens (tertiary/aromatic N) is 5. The number of aliphatic hydroxyl groups is 3. The summed E-state index contributed by atoms with van der Waals surface area (Å²) in [6.45, 7) is -2.48. The van der Waals surface area contributed by atoms with Crippen LogP contribution in [-0.2, 0) is 45.8 Å². The first kappa shape index (κ1) is 38.4. The SMILES string of the molecule is NC(=O)C1=CN([C@@H]2O[C@H](COP(=O)(O)OP(=O)(O)OC[C@@]3(N)O[C@@H](n4cnc5c(N)ncnc54)[C@@H](OP(=O)(O)O)[C@@]3(N)O)[C@@H](O)[C@H]2O)C=CC1. The van der Waals surface area contributed by atoms with Crippen molar-refractivity contribution in [1.82, 2.24) is 24.4 Å². The van der Waals surface area contributed by atoms with Gasteiger partial charge in [0, 0.05) is 18.0 Å². The zero-order chi connectivity index (χ0) is 37.0. The van der Waals surface area contributed by atoms with E-state index in [9.17, 15) is 53.4 Å². The monoisotopic (exact) mass is 775 g/mol. The van der Waals surface area contributed by atoms with Gasteiger partial charge in [-0.2, -0.15) is 4.31 Å². The minimum atomic E-state index is -5.73. The number of anilines is 1. The van der Waals surface area contributed by atoms with Crippen LogP contribution in [0.15, 0.2) is 36.7 Å². The summed E-state index contributed by atoms with van der Waals surface area (Å²) in [6, 6.07) is 0. The third-order valence-electron chi connectivity index (χ3n) is 7.53. The smallest absolute Gasteiger partial charge is 0.387 e. The number of hydrogen-bond donors (Lipinski definition) is 11. The fourth-order valence-electron chi connectivity index (χ4n) is 5.05. The maximum atomic E-state index is 12.7. The normalized spacial score (nSPS) is 34.1. The highest BCUT2D eigenvalue weighted by Crippen LogP contribution is 2.61. The Morgan fingerprint density at radius 1 is 1.04 bits per heavy atom. The number of rotatable bonds is 13. The minimum absolute atomic E-state index is 0.0257. The molecular formula is C21H32N9O17P3. The van der Waals surface area contributed by atoms with Crippen LogP contribution in [0.3, 0.4) is 0 Å². The van der Waals surface area contributed by atoms with Crippen molar-refractivity contribution in [3.63, 3.8) is 0 Å². The fraction of sp³-hybridized carbons (Fsp3) is 0.524. The van der Waals surface area contributed by atoms with Gasteiger partial charge in [-0.3, -0.25) is 34.4 Å². The molecule has 2 aromatic heterocycles. The second kappa shape index (κ2) is 13.6. The average Bonchev–Trinajstić information content (AvgIpc) is 3.62. The summed E-state index contributed by atoms with van der Waals surface area (Å²) in [7, 11) is -16.8. The summed E-state index contributed by atoms with van der Waals surface area (Å²) in [6.07, 6.45) is -3.99. The van der Waals surface area contributed by atoms with Crippen molar-refractivity contribution in [3.8, 4) is 0 Å². The lowest BCUT2D eigenvalue weighted by Crippen LogP contribution is -2.69. The molecule has 3 aliphatic heterocycles. The lowest BCUT2D eigenvalue weighted by atomic mass is 9.98. The van der Waals surface area contributed by atoms with E-state index in [1.54, 1.807) is 0 Å². The van der Waals surface area contributed by atoms with E-state index in [2.05, 4.69) is 32.8 Å². The molecule has 10 atom stereocenters. The highest BCUT2D eigenvalue weighted by Gasteiger charge is 2.66. The highest BCUT2D eigenvalue weighted by atomic mass is 31.3. The number of hydrogen-bond acceptors (Lipinski definition) is 20. The number of phosphoric ester groups is 3. The van der Waals surface area contributed by atoms with Gasteiger partial charge in [0.25, 0.3) is 0 Å². The molecule has 26 nitrogen and oxygen atoms in total. The second-order valence-electron chi connectivity index (χ2n) is 11.0. The van der Waals surface area contributed by atoms with Crippen molar-refractivity contribution >= 4 is 46.4 Å². The molecule has 15 N–H and O–H groups in total. The number of aliphatic hydroxyl groups excluding tert-OH is 2. The zero-order valence-corrected chi connectivity index (χ0v) is 27.8. The molecule has 278 valence electrons. The van der Waals surface area contributed by atoms with Crippen LogP contribution >= 0.6 is 23.5 Å². The van der Waals surface area contributed by atoms with E-state index in [1.807, 2.05) is 0 Å². The quantitative estimate of drug-likeness (QED) is 0.0682. The van der Waals surface area contributed by atoms with Crippen molar-refractivity contribution in [2.45, 2.75) is 54.7 Å². The average molecular weight is 775 g/mol. The zero-order valence-electron chi connectivity index (χ0n) is 25.1. The Kier molecular flexibility index (Phi) is 10.5. The number of fused-ring (bicyclic) bond motifs is 1. The number of ether oxygens (including phenoxy) is 2. The summed E-state index contributed by atoms with van der Waals surface area (Å²) in [5.41, 5.74) is 16.9. The van der Waals surface area contributed by atoms with Crippen molar-refractivity contribution in [2.24, 2.45) is 17.2 Å². The van der Waals surface area contributed by atoms with Crippen LogP contribution in [-0.4, -0.2) is 121 Å². The summed E-state index contributed by atoms with van der Waals surface area (Å²) >= 11 is 0. The van der Waals surface area contributed by atoms with Gasteiger partial charge in [-0.05, 0) is 6.42 Å². The van der Waals surface area contributed by atoms with E-state index in [0.29, 0.717) is 0 Å². The number of carbonyl (C=O) groups is 1. The summed E-state index contributed by atoms with van der Waals surface area (Å²) in [5, 5.41) is 32.0. The van der Waals surface area contributed by atoms with Gasteiger partial charge >= 0.3 is 23.5 Å². The Labute approximate surface area is 279 Å². The number of carbonyl (C=O) groups excluding carboxylic acids is 1. The summed E-state index contributed by atoms with van der Waals surface area (Å²) in [5.74, 6) is -0.877. The van der Waals surface area contributed by atoms with Crippen molar-refractivity contribution in [1.29, 1.82) is 0 Å². The first-order valence-corrected chi connectivity index (χ1v) is 18.3. The molecule has 0 saturated carbocycles. The maximum absolute atomic E-state index is 12.7. The van der Waals surface area contributed by atoms with Gasteiger partial charge in [0.05, 0.1) is 12.9 Å². The number of amides is 1. The number of allylic oxidation sites excluding steroid dienone is 1. The predicted octanol–water partition coefficient (Wildman–Crippen LogP) is -4.00. The molecule has 5 rings (SSSR count). The second-order valence-corrected chi connectivity index (χ2v) is 15.2. The van der Waals surface area contributed by atoms with Crippen LogP contribution in [0.5, 0.6) is 0 Å². The van der Waals surface area contributed by atoms with Gasteiger partial charge in [0.15, 0.2) is 41.5 Å². The highest BCUT2D eigenvalue weighted by molar-refractivity contribution is 7.61. The van der Waals surface area contributed by atoms with Gasteiger partial charge in [-0.25, -0.2) is 28.6 Å². The van der Waals surface area contributed by atoms with E-state index in [4.69, 9.17) is 32.4 Å². The third-order valence-corrected chi connectivity index (χ3v) is 10.6. The van der Waals surface area contributed by atoms with Gasteiger partial charge in [0.2, 0.25) is 5.91 Å². The van der Waals surface area contributed by atoms with Gasteiger partial charge < -0.3 is 60.7 Å². The molecule has 2 aromatic rings. The van der Waals surface area contributed by atoms with E-state index < -0.39 is 90.9 Å². The largest absolute Gasteiger partial charge is 0.481 e. The van der Waals surface area contributed by atoms with E-state index >= 15 is 0 Å². The summed E-state index contributed by atoms with van der Waals surface area (Å²) in [4.78, 5) is 63.7. The standard InChI is InChI=1S/C21H32N9O17P3/c22-15-11-17(27-7-26-15)30(8-28-11)19-14(46-48(35,36)37)21(25,34)20(24,45-19)6-43-50(40,41)47-49(38,39)42-5-10-12(31)13(32)18(44-10)29-3-1-2-9(4-29)16(23)33/h1,3-4,7-8,10,12-14,18-19,31-32,34H,2,5-6,24-25H2,(H2,23,33)(H,38,39)(H,40,41)(H2,22,26,27)(H2,35,36,37)/t10-,12-,13-,14-,18-,19-,20-,21-/m1/s1. The molecule has 0 aromatic carbocycles. The molecule has 2 fully saturated rings. The molecule has 1 amide bonds. The number of nitrogen functional groups attached to an aromatic ring is 1. The van der Waals surface area contributed by atoms with Gasteiger partial charge in [0.1, 0.15) is 36.8 Å². The van der Waals surface area contributed by atoms with Crippen LogP contribution in [0.25, 0.3) is 11.2 Å². The lowest BCUT2D eigenvalue weighted by molar-refractivity contribution is -0.160. The van der Waals surface area contributed by atoms with E-state index in [0.717, 1.165) is 17.2 Å². The number of aromatic nitrogens is 4. The van der Waals surface area contributed by atoms with Crippen LogP contribution in [0.1, 0.15) is 12.6 Å². The number of phosphoric acid groups is 3. The minimum Gasteiger partial charge on any atom is -0.387 e. The lowest BCUT2D eigenvalue weighted by Gasteiger charge is -2.36. The number of nitrogens with two attached hydrogens (primary N) is 4. The van der Waals surface area contributed by atoms with Crippen LogP contribution < -0.4 is 22.9 Å². The Morgan fingerprint density at radius 3 is 2.38 bits per heavy atom. The number of imidazole rings is 1. The first-order valence-electron chi connectivity index (χ1n) is 13.8. The fourth-order valence-corrected chi connectivity index (χ4v) is 7.73. The van der Waals surface area contributed by atoms with Crippen LogP contribution in [0, 0.1) is 0 Å². The van der Waals surface area contributed by atoms with Crippen molar-refractivity contribution in [2.75, 3.05) is 18.9 Å². The van der Waals surface area contributed by atoms with Crippen molar-refractivity contribution in [3.05, 3.63) is 36.7 Å². The Hall–Kier alpha value is -2.81. The van der Waals surface area contributed by atoms with Crippen LogP contribution in [0.4, 0.5) is 5.82 Å². The van der Waals surface area contributed by atoms with Gasteiger partial charge in [-0.15, -0.1) is 0 Å². The first-order chi connectivity index (χ1) is 23.0. The molecule has 2 saturated heterocycles. The maximum Gasteiger partial charge on any atom is 0.481 e. The predicted molar refractivity (Wildman–Crippen MR) is 159 cm³/mol. The molecule has 0 radical (unpaired) electrons. The van der Waals surface area contributed by atoms with E-state index in [-0.39, 0.29) is 29.0 Å². The Bertz CT molecular complexity index is 1840. The van der Waals surface area contributed by atoms with Crippen LogP contribution in [0.2, 0.25) is 0 Å². The molecule has 0 spiro atoms.